The van der Waals surface area contributed by atoms with Crippen molar-refractivity contribution in [3.8, 4) is 0 Å². The number of rotatable bonds is 5. The number of ether oxygens (including phenoxy) is 1. The second kappa shape index (κ2) is 7.99. The highest BCUT2D eigenvalue weighted by atomic mass is 35.5. The zero-order chi connectivity index (χ0) is 21.5. The van der Waals surface area contributed by atoms with Gasteiger partial charge in [-0.05, 0) is 29.0 Å². The lowest BCUT2D eigenvalue weighted by atomic mass is 10.1. The number of halogens is 1. The Balaban J connectivity index is 1.34. The number of aryl methyl sites for hydroxylation is 1. The number of carbonyl (C=O) groups is 1. The van der Waals surface area contributed by atoms with E-state index in [1.54, 1.807) is 11.4 Å². The number of carbonyl (C=O) groups excluding carboxylic acids is 1. The fourth-order valence-corrected chi connectivity index (χ4v) is 5.55. The van der Waals surface area contributed by atoms with Gasteiger partial charge in [-0.1, -0.05) is 35.9 Å². The zero-order valence-electron chi connectivity index (χ0n) is 16.2. The van der Waals surface area contributed by atoms with Crippen LogP contribution in [0.15, 0.2) is 57.5 Å². The Morgan fingerprint density at radius 3 is 2.84 bits per heavy atom. The fourth-order valence-electron chi connectivity index (χ4n) is 3.45. The first-order valence-electron chi connectivity index (χ1n) is 9.30. The molecule has 0 N–H and O–H groups in total. The highest BCUT2D eigenvalue weighted by molar-refractivity contribution is 8.00. The molecule has 0 amide bonds. The molecule has 31 heavy (non-hydrogen) atoms. The number of aromatic nitrogens is 4. The molecule has 0 saturated carbocycles. The van der Waals surface area contributed by atoms with Crippen molar-refractivity contribution >= 4 is 67.4 Å². The summed E-state index contributed by atoms with van der Waals surface area (Å²) in [5.74, 6) is 0.618. The van der Waals surface area contributed by atoms with E-state index in [1.807, 2.05) is 47.8 Å². The third kappa shape index (κ3) is 3.48. The van der Waals surface area contributed by atoms with Crippen LogP contribution < -0.4 is 5.56 Å². The van der Waals surface area contributed by atoms with Crippen LogP contribution in [0, 0.1) is 0 Å². The first-order valence-corrected chi connectivity index (χ1v) is 11.5. The minimum absolute atomic E-state index is 0.0417. The van der Waals surface area contributed by atoms with Gasteiger partial charge in [-0.15, -0.1) is 33.3 Å². The third-order valence-electron chi connectivity index (χ3n) is 4.92. The van der Waals surface area contributed by atoms with Gasteiger partial charge in [0, 0.05) is 22.4 Å². The van der Waals surface area contributed by atoms with Gasteiger partial charge in [0.2, 0.25) is 5.78 Å². The molecule has 7 nitrogen and oxygen atoms in total. The minimum Gasteiger partial charge on any atom is -0.457 e. The molecule has 5 rings (SSSR count). The predicted octanol–water partition coefficient (Wildman–Crippen LogP) is 4.28. The van der Waals surface area contributed by atoms with Gasteiger partial charge in [0.25, 0.3) is 5.56 Å². The maximum absolute atomic E-state index is 12.4. The smallest absolute Gasteiger partial charge is 0.316 e. The van der Waals surface area contributed by atoms with Gasteiger partial charge >= 0.3 is 5.97 Å². The van der Waals surface area contributed by atoms with Gasteiger partial charge in [-0.3, -0.25) is 18.6 Å². The molecule has 0 fully saturated rings. The van der Waals surface area contributed by atoms with Crippen LogP contribution in [-0.2, 0) is 23.2 Å². The Labute approximate surface area is 189 Å². The molecular formula is C21H15ClN4O3S2. The van der Waals surface area contributed by atoms with Gasteiger partial charge in [-0.25, -0.2) is 0 Å². The molecule has 2 aromatic carbocycles. The van der Waals surface area contributed by atoms with E-state index in [0.29, 0.717) is 26.8 Å². The first kappa shape index (κ1) is 20.0. The third-order valence-corrected chi connectivity index (χ3v) is 7.16. The van der Waals surface area contributed by atoms with Crippen LogP contribution in [0.25, 0.3) is 26.8 Å². The van der Waals surface area contributed by atoms with Crippen molar-refractivity contribution in [2.75, 3.05) is 5.75 Å². The lowest BCUT2D eigenvalue weighted by Gasteiger charge is -2.08. The van der Waals surface area contributed by atoms with E-state index in [4.69, 9.17) is 16.3 Å². The lowest BCUT2D eigenvalue weighted by molar-refractivity contribution is -0.141. The monoisotopic (exact) mass is 470 g/mol. The second-order valence-electron chi connectivity index (χ2n) is 6.79. The Morgan fingerprint density at radius 1 is 1.19 bits per heavy atom. The Kier molecular flexibility index (Phi) is 5.17. The summed E-state index contributed by atoms with van der Waals surface area (Å²) in [7, 11) is 1.65. The molecule has 0 atom stereocenters. The molecule has 0 radical (unpaired) electrons. The van der Waals surface area contributed by atoms with Crippen LogP contribution in [0.2, 0.25) is 5.02 Å². The molecule has 5 aromatic rings. The molecule has 0 aliphatic carbocycles. The van der Waals surface area contributed by atoms with E-state index in [0.717, 1.165) is 15.7 Å². The Bertz CT molecular complexity index is 1520. The quantitative estimate of drug-likeness (QED) is 0.282. The molecule has 0 saturated heterocycles. The van der Waals surface area contributed by atoms with Crippen LogP contribution in [-0.4, -0.2) is 30.9 Å². The van der Waals surface area contributed by atoms with E-state index >= 15 is 0 Å². The van der Waals surface area contributed by atoms with E-state index in [2.05, 4.69) is 10.2 Å². The number of thiophene rings is 1. The fraction of sp³-hybridized carbons (Fsp3) is 0.143. The van der Waals surface area contributed by atoms with Gasteiger partial charge in [-0.2, -0.15) is 0 Å². The zero-order valence-corrected chi connectivity index (χ0v) is 18.6. The highest BCUT2D eigenvalue weighted by Gasteiger charge is 2.17. The van der Waals surface area contributed by atoms with Crippen LogP contribution in [0.5, 0.6) is 0 Å². The minimum atomic E-state index is -0.378. The molecule has 3 aromatic heterocycles. The van der Waals surface area contributed by atoms with Crippen molar-refractivity contribution in [1.29, 1.82) is 0 Å². The van der Waals surface area contributed by atoms with E-state index in [1.165, 1.54) is 27.7 Å². The largest absolute Gasteiger partial charge is 0.457 e. The summed E-state index contributed by atoms with van der Waals surface area (Å²) in [6.45, 7) is -0.0417. The molecule has 10 heteroatoms. The molecule has 0 aliphatic heterocycles. The number of hydrogen-bond donors (Lipinski definition) is 0. The second-order valence-corrected chi connectivity index (χ2v) is 9.13. The lowest BCUT2D eigenvalue weighted by Crippen LogP contribution is -2.19. The Hall–Kier alpha value is -2.88. The van der Waals surface area contributed by atoms with Crippen molar-refractivity contribution in [2.24, 2.45) is 7.05 Å². The number of benzene rings is 2. The standard InChI is InChI=1S/C21H15ClN4O3S2/c1-25-20(28)19-14(8-9-30-19)26-16(23-24-21(25)26)10-29-17(27)11-31-15-7-3-5-12-4-2-6-13(22)18(12)15/h2-9H,10-11H2,1H3. The van der Waals surface area contributed by atoms with Crippen LogP contribution >= 0.6 is 34.7 Å². The van der Waals surface area contributed by atoms with Crippen molar-refractivity contribution in [2.45, 2.75) is 11.5 Å². The number of hydrogen-bond acceptors (Lipinski definition) is 7. The van der Waals surface area contributed by atoms with Gasteiger partial charge in [0.05, 0.1) is 11.3 Å². The van der Waals surface area contributed by atoms with Crippen LogP contribution in [0.4, 0.5) is 0 Å². The number of nitrogens with zero attached hydrogens (tertiary/aromatic N) is 4. The molecule has 3 heterocycles. The van der Waals surface area contributed by atoms with E-state index < -0.39 is 0 Å². The summed E-state index contributed by atoms with van der Waals surface area (Å²) in [5, 5.41) is 12.7. The molecular weight excluding hydrogens is 456 g/mol. The number of esters is 1. The first-order chi connectivity index (χ1) is 15.0. The van der Waals surface area contributed by atoms with Gasteiger partial charge in [0.1, 0.15) is 4.70 Å². The van der Waals surface area contributed by atoms with Crippen LogP contribution in [0.3, 0.4) is 0 Å². The summed E-state index contributed by atoms with van der Waals surface area (Å²) in [6.07, 6.45) is 0. The maximum atomic E-state index is 12.4. The highest BCUT2D eigenvalue weighted by Crippen LogP contribution is 2.33. The summed E-state index contributed by atoms with van der Waals surface area (Å²) in [5.41, 5.74) is 0.581. The predicted molar refractivity (Wildman–Crippen MR) is 123 cm³/mol. The van der Waals surface area contributed by atoms with E-state index in [9.17, 15) is 9.59 Å². The van der Waals surface area contributed by atoms with E-state index in [-0.39, 0.29) is 23.9 Å². The van der Waals surface area contributed by atoms with Gasteiger partial charge < -0.3 is 4.74 Å². The van der Waals surface area contributed by atoms with Gasteiger partial charge in [0.15, 0.2) is 12.4 Å². The van der Waals surface area contributed by atoms with Crippen molar-refractivity contribution in [3.63, 3.8) is 0 Å². The molecule has 0 unspecified atom stereocenters. The summed E-state index contributed by atoms with van der Waals surface area (Å²) >= 11 is 9.08. The maximum Gasteiger partial charge on any atom is 0.316 e. The normalized spacial score (nSPS) is 11.5. The number of thioether (sulfide) groups is 1. The van der Waals surface area contributed by atoms with Crippen molar-refractivity contribution in [3.05, 3.63) is 69.0 Å². The molecule has 0 spiro atoms. The average molecular weight is 471 g/mol. The van der Waals surface area contributed by atoms with Crippen molar-refractivity contribution < 1.29 is 9.53 Å². The molecule has 156 valence electrons. The average Bonchev–Trinajstić information content (AvgIpc) is 3.42. The summed E-state index contributed by atoms with van der Waals surface area (Å²) in [6, 6.07) is 13.4. The topological polar surface area (TPSA) is 78.5 Å². The summed E-state index contributed by atoms with van der Waals surface area (Å²) in [4.78, 5) is 25.7. The molecule has 0 bridgehead atoms. The summed E-state index contributed by atoms with van der Waals surface area (Å²) < 4.78 is 9.25. The molecule has 0 aliphatic rings. The SMILES string of the molecule is Cn1c(=O)c2sccc2n2c(COC(=O)CSc3cccc4cccc(Cl)c34)nnc12. The number of fused-ring (bicyclic) bond motifs is 4. The Morgan fingerprint density at radius 2 is 2.00 bits per heavy atom. The van der Waals surface area contributed by atoms with Crippen LogP contribution in [0.1, 0.15) is 5.82 Å². The van der Waals surface area contributed by atoms with Crippen molar-refractivity contribution in [1.82, 2.24) is 19.2 Å².